The Hall–Kier alpha value is -2.93. The molecule has 4 nitrogen and oxygen atoms in total. The van der Waals surface area contributed by atoms with Crippen LogP contribution in [0.15, 0.2) is 60.8 Å². The highest BCUT2D eigenvalue weighted by Crippen LogP contribution is 2.41. The molecule has 1 heterocycles. The zero-order chi connectivity index (χ0) is 19.2. The minimum Gasteiger partial charge on any atom is -0.315 e. The summed E-state index contributed by atoms with van der Waals surface area (Å²) in [5.41, 5.74) is 4.94. The fourth-order valence-electron chi connectivity index (χ4n) is 3.67. The Kier molecular flexibility index (Phi) is 3.92. The van der Waals surface area contributed by atoms with Crippen LogP contribution in [0.1, 0.15) is 33.6 Å². The van der Waals surface area contributed by atoms with E-state index in [4.69, 9.17) is 5.73 Å². The van der Waals surface area contributed by atoms with E-state index in [2.05, 4.69) is 5.10 Å². The second-order valence-electron chi connectivity index (χ2n) is 6.61. The zero-order valence-corrected chi connectivity index (χ0v) is 14.2. The Morgan fingerprint density at radius 1 is 1.07 bits per heavy atom. The van der Waals surface area contributed by atoms with Crippen molar-refractivity contribution in [1.82, 2.24) is 9.78 Å². The van der Waals surface area contributed by atoms with Crippen molar-refractivity contribution in [3.63, 3.8) is 0 Å². The normalized spacial score (nSPS) is 19.1. The van der Waals surface area contributed by atoms with Gasteiger partial charge >= 0.3 is 6.18 Å². The van der Waals surface area contributed by atoms with Crippen molar-refractivity contribution in [3.05, 3.63) is 83.2 Å². The van der Waals surface area contributed by atoms with Gasteiger partial charge < -0.3 is 5.73 Å². The first-order chi connectivity index (χ1) is 12.8. The number of para-hydroxylation sites is 1. The maximum absolute atomic E-state index is 13.8. The molecule has 1 atom stereocenters. The van der Waals surface area contributed by atoms with Crippen molar-refractivity contribution in [1.29, 1.82) is 0 Å². The molecule has 0 radical (unpaired) electrons. The third-order valence-electron chi connectivity index (χ3n) is 4.97. The summed E-state index contributed by atoms with van der Waals surface area (Å²) in [5, 5.41) is 3.85. The van der Waals surface area contributed by atoms with Crippen LogP contribution in [-0.4, -0.2) is 15.6 Å². The molecule has 1 aliphatic rings. The fraction of sp³-hybridized carbons (Fsp3) is 0.200. The predicted molar refractivity (Wildman–Crippen MR) is 93.5 cm³/mol. The van der Waals surface area contributed by atoms with E-state index in [0.717, 1.165) is 16.4 Å². The summed E-state index contributed by atoms with van der Waals surface area (Å²) in [4.78, 5) is 13.2. The summed E-state index contributed by atoms with van der Waals surface area (Å²) in [6, 6.07) is 15.0. The fourth-order valence-corrected chi connectivity index (χ4v) is 3.67. The lowest BCUT2D eigenvalue weighted by Crippen LogP contribution is -2.43. The molecule has 27 heavy (non-hydrogen) atoms. The van der Waals surface area contributed by atoms with Crippen LogP contribution in [0.2, 0.25) is 0 Å². The van der Waals surface area contributed by atoms with Crippen molar-refractivity contribution in [2.75, 3.05) is 0 Å². The Morgan fingerprint density at radius 2 is 1.74 bits per heavy atom. The first kappa shape index (κ1) is 17.5. The van der Waals surface area contributed by atoms with Gasteiger partial charge in [-0.3, -0.25) is 4.79 Å². The minimum absolute atomic E-state index is 0.224. The zero-order valence-electron chi connectivity index (χ0n) is 14.2. The second kappa shape index (κ2) is 6.06. The Labute approximate surface area is 153 Å². The molecule has 3 aromatic rings. The number of Topliss-reactive ketones (excluding diaryl/α,β-unsaturated/α-hetero) is 1. The maximum Gasteiger partial charge on any atom is 0.434 e. The molecule has 2 aromatic carbocycles. The van der Waals surface area contributed by atoms with E-state index in [9.17, 15) is 18.0 Å². The molecule has 0 fully saturated rings. The van der Waals surface area contributed by atoms with Gasteiger partial charge in [0.1, 0.15) is 5.54 Å². The van der Waals surface area contributed by atoms with E-state index in [-0.39, 0.29) is 12.1 Å². The Bertz CT molecular complexity index is 1010. The molecule has 2 N–H and O–H groups in total. The van der Waals surface area contributed by atoms with Crippen molar-refractivity contribution >= 4 is 5.78 Å². The van der Waals surface area contributed by atoms with Crippen molar-refractivity contribution in [2.24, 2.45) is 5.73 Å². The number of nitrogens with zero attached hydrogens (tertiary/aromatic N) is 2. The number of rotatable bonds is 3. The SMILES string of the molecule is NC1(C(=O)c2cnn(-c3ccccc3)c2C(F)(F)F)CCc2ccccc21. The lowest BCUT2D eigenvalue weighted by molar-refractivity contribution is -0.143. The van der Waals surface area contributed by atoms with Gasteiger partial charge in [0, 0.05) is 0 Å². The van der Waals surface area contributed by atoms with E-state index in [1.807, 2.05) is 12.1 Å². The van der Waals surface area contributed by atoms with Gasteiger partial charge in [0.25, 0.3) is 0 Å². The number of hydrogen-bond acceptors (Lipinski definition) is 3. The van der Waals surface area contributed by atoms with E-state index >= 15 is 0 Å². The van der Waals surface area contributed by atoms with Gasteiger partial charge in [-0.25, -0.2) is 4.68 Å². The van der Waals surface area contributed by atoms with Gasteiger partial charge in [-0.05, 0) is 36.1 Å². The molecule has 7 heteroatoms. The number of aryl methyl sites for hydroxylation is 1. The number of carbonyl (C=O) groups is 1. The average Bonchev–Trinajstić information content (AvgIpc) is 3.25. The second-order valence-corrected chi connectivity index (χ2v) is 6.61. The number of fused-ring (bicyclic) bond motifs is 1. The summed E-state index contributed by atoms with van der Waals surface area (Å²) in [5.74, 6) is -0.762. The number of aromatic nitrogens is 2. The van der Waals surface area contributed by atoms with Crippen LogP contribution in [0.5, 0.6) is 0 Å². The number of ketones is 1. The molecule has 1 aromatic heterocycles. The highest BCUT2D eigenvalue weighted by molar-refractivity contribution is 6.05. The number of benzene rings is 2. The minimum atomic E-state index is -4.76. The van der Waals surface area contributed by atoms with Crippen LogP contribution in [0.4, 0.5) is 13.2 Å². The van der Waals surface area contributed by atoms with Crippen LogP contribution in [0.25, 0.3) is 5.69 Å². The maximum atomic E-state index is 13.8. The molecule has 1 aliphatic carbocycles. The van der Waals surface area contributed by atoms with Crippen LogP contribution in [0.3, 0.4) is 0 Å². The molecule has 0 bridgehead atoms. The standard InChI is InChI=1S/C20H16F3N3O/c21-20(22,23)17-15(12-25-26(17)14-7-2-1-3-8-14)18(27)19(24)11-10-13-6-4-5-9-16(13)19/h1-9,12H,10-11,24H2. The molecule has 0 saturated carbocycles. The topological polar surface area (TPSA) is 60.9 Å². The smallest absolute Gasteiger partial charge is 0.315 e. The van der Waals surface area contributed by atoms with E-state index in [1.54, 1.807) is 30.3 Å². The largest absolute Gasteiger partial charge is 0.434 e. The monoisotopic (exact) mass is 371 g/mol. The number of nitrogens with two attached hydrogens (primary N) is 1. The van der Waals surface area contributed by atoms with Gasteiger partial charge in [-0.1, -0.05) is 42.5 Å². The average molecular weight is 371 g/mol. The van der Waals surface area contributed by atoms with Crippen molar-refractivity contribution in [3.8, 4) is 5.69 Å². The van der Waals surface area contributed by atoms with Gasteiger partial charge in [-0.2, -0.15) is 18.3 Å². The molecular formula is C20H16F3N3O. The van der Waals surface area contributed by atoms with Gasteiger partial charge in [0.05, 0.1) is 17.4 Å². The number of alkyl halides is 3. The first-order valence-corrected chi connectivity index (χ1v) is 8.45. The summed E-state index contributed by atoms with van der Waals surface area (Å²) in [7, 11) is 0. The van der Waals surface area contributed by atoms with Crippen molar-refractivity contribution in [2.45, 2.75) is 24.6 Å². The lowest BCUT2D eigenvalue weighted by atomic mass is 9.85. The quantitative estimate of drug-likeness (QED) is 0.711. The lowest BCUT2D eigenvalue weighted by Gasteiger charge is -2.24. The third kappa shape index (κ3) is 2.75. The van der Waals surface area contributed by atoms with Crippen LogP contribution in [0, 0.1) is 0 Å². The van der Waals surface area contributed by atoms with Gasteiger partial charge in [-0.15, -0.1) is 0 Å². The summed E-state index contributed by atoms with van der Waals surface area (Å²) >= 11 is 0. The van der Waals surface area contributed by atoms with Crippen LogP contribution < -0.4 is 5.73 Å². The van der Waals surface area contributed by atoms with Crippen LogP contribution in [-0.2, 0) is 18.1 Å². The molecule has 0 amide bonds. The number of hydrogen-bond donors (Lipinski definition) is 1. The molecular weight excluding hydrogens is 355 g/mol. The Balaban J connectivity index is 1.86. The first-order valence-electron chi connectivity index (χ1n) is 8.45. The van der Waals surface area contributed by atoms with Crippen molar-refractivity contribution < 1.29 is 18.0 Å². The van der Waals surface area contributed by atoms with E-state index in [0.29, 0.717) is 12.0 Å². The van der Waals surface area contributed by atoms with E-state index in [1.165, 1.54) is 12.1 Å². The molecule has 138 valence electrons. The highest BCUT2D eigenvalue weighted by atomic mass is 19.4. The third-order valence-corrected chi connectivity index (χ3v) is 4.97. The molecule has 0 saturated heterocycles. The molecule has 1 unspecified atom stereocenters. The summed E-state index contributed by atoms with van der Waals surface area (Å²) in [6.07, 6.45) is -2.98. The molecule has 0 aliphatic heterocycles. The Morgan fingerprint density at radius 3 is 2.44 bits per heavy atom. The molecule has 0 spiro atoms. The predicted octanol–water partition coefficient (Wildman–Crippen LogP) is 3.87. The number of halogens is 3. The summed E-state index contributed by atoms with van der Waals surface area (Å²) < 4.78 is 42.3. The number of carbonyl (C=O) groups excluding carboxylic acids is 1. The summed E-state index contributed by atoms with van der Waals surface area (Å²) in [6.45, 7) is 0. The van der Waals surface area contributed by atoms with Gasteiger partial charge in [0.2, 0.25) is 0 Å². The van der Waals surface area contributed by atoms with E-state index < -0.39 is 28.8 Å². The molecule has 4 rings (SSSR count). The van der Waals surface area contributed by atoms with Gasteiger partial charge in [0.15, 0.2) is 11.5 Å². The van der Waals surface area contributed by atoms with Crippen LogP contribution >= 0.6 is 0 Å². The highest BCUT2D eigenvalue weighted by Gasteiger charge is 2.47.